The van der Waals surface area contributed by atoms with Crippen LogP contribution in [0.1, 0.15) is 31.5 Å². The van der Waals surface area contributed by atoms with Crippen molar-refractivity contribution < 1.29 is 14.3 Å². The van der Waals surface area contributed by atoms with Crippen LogP contribution in [0.5, 0.6) is 0 Å². The number of para-hydroxylation sites is 1. The lowest BCUT2D eigenvalue weighted by atomic mass is 10.3. The maximum absolute atomic E-state index is 12.6. The molecule has 1 fully saturated rings. The highest BCUT2D eigenvalue weighted by Gasteiger charge is 2.21. The molecule has 0 radical (unpaired) electrons. The fourth-order valence-electron chi connectivity index (χ4n) is 3.13. The monoisotopic (exact) mass is 426 g/mol. The Hall–Kier alpha value is -3.24. The minimum absolute atomic E-state index is 0.215. The minimum Gasteiger partial charge on any atom is -0.378 e. The van der Waals surface area contributed by atoms with Crippen LogP contribution in [0.15, 0.2) is 36.4 Å². The molecule has 10 heteroatoms. The van der Waals surface area contributed by atoms with Crippen LogP contribution in [0.25, 0.3) is 5.69 Å². The fraction of sp³-hybridized carbons (Fsp3) is 0.300. The first kappa shape index (κ1) is 20.0. The van der Waals surface area contributed by atoms with Crippen molar-refractivity contribution in [2.45, 2.75) is 13.8 Å². The topological polar surface area (TPSA) is 101 Å². The quantitative estimate of drug-likeness (QED) is 0.618. The molecule has 30 heavy (non-hydrogen) atoms. The summed E-state index contributed by atoms with van der Waals surface area (Å²) in [4.78, 5) is 32.1. The van der Waals surface area contributed by atoms with E-state index in [1.807, 2.05) is 37.3 Å². The second-order valence-corrected chi connectivity index (χ2v) is 7.81. The van der Waals surface area contributed by atoms with Crippen molar-refractivity contribution in [1.29, 1.82) is 0 Å². The molecule has 156 valence electrons. The molecule has 2 amide bonds. The molecule has 3 heterocycles. The van der Waals surface area contributed by atoms with Gasteiger partial charge in [-0.1, -0.05) is 29.5 Å². The number of aromatic nitrogens is 3. The number of nitrogens with zero attached hydrogens (tertiary/aromatic N) is 4. The normalized spacial score (nSPS) is 13.9. The number of thiazole rings is 1. The zero-order chi connectivity index (χ0) is 21.1. The highest BCUT2D eigenvalue weighted by Crippen LogP contribution is 2.26. The van der Waals surface area contributed by atoms with Crippen molar-refractivity contribution in [3.63, 3.8) is 0 Å². The summed E-state index contributed by atoms with van der Waals surface area (Å²) in [6.07, 6.45) is 0. The number of hydrogen-bond donors (Lipinski definition) is 2. The summed E-state index contributed by atoms with van der Waals surface area (Å²) in [7, 11) is 0. The van der Waals surface area contributed by atoms with Gasteiger partial charge in [-0.3, -0.25) is 20.4 Å². The van der Waals surface area contributed by atoms with Crippen molar-refractivity contribution in [2.24, 2.45) is 0 Å². The minimum atomic E-state index is -0.489. The third kappa shape index (κ3) is 4.19. The Bertz CT molecular complexity index is 1060. The number of carbonyl (C=O) groups is 2. The number of aryl methyl sites for hydroxylation is 2. The molecule has 0 spiro atoms. The van der Waals surface area contributed by atoms with E-state index in [0.29, 0.717) is 23.8 Å². The van der Waals surface area contributed by atoms with Crippen LogP contribution in [0.2, 0.25) is 0 Å². The third-order valence-electron chi connectivity index (χ3n) is 4.68. The van der Waals surface area contributed by atoms with Gasteiger partial charge in [0.1, 0.15) is 4.88 Å². The van der Waals surface area contributed by atoms with Gasteiger partial charge in [0.2, 0.25) is 0 Å². The van der Waals surface area contributed by atoms with Crippen LogP contribution >= 0.6 is 11.3 Å². The molecule has 1 aliphatic rings. The van der Waals surface area contributed by atoms with Crippen molar-refractivity contribution >= 4 is 28.3 Å². The highest BCUT2D eigenvalue weighted by atomic mass is 32.1. The van der Waals surface area contributed by atoms with Gasteiger partial charge in [-0.25, -0.2) is 9.67 Å². The van der Waals surface area contributed by atoms with E-state index in [0.717, 1.165) is 29.6 Å². The number of rotatable bonds is 4. The van der Waals surface area contributed by atoms with Crippen molar-refractivity contribution in [1.82, 2.24) is 25.6 Å². The molecule has 0 unspecified atom stereocenters. The van der Waals surface area contributed by atoms with E-state index in [4.69, 9.17) is 4.74 Å². The Morgan fingerprint density at radius 3 is 2.50 bits per heavy atom. The van der Waals surface area contributed by atoms with Gasteiger partial charge in [0.15, 0.2) is 10.8 Å². The number of hydrazine groups is 1. The first-order valence-electron chi connectivity index (χ1n) is 9.56. The zero-order valence-electron chi connectivity index (χ0n) is 16.7. The molecule has 0 saturated carbocycles. The summed E-state index contributed by atoms with van der Waals surface area (Å²) >= 11 is 1.30. The number of morpholine rings is 1. The Morgan fingerprint density at radius 1 is 1.07 bits per heavy atom. The largest absolute Gasteiger partial charge is 0.378 e. The zero-order valence-corrected chi connectivity index (χ0v) is 17.5. The molecule has 1 aliphatic heterocycles. The van der Waals surface area contributed by atoms with Crippen molar-refractivity contribution in [3.05, 3.63) is 58.4 Å². The molecule has 1 aromatic carbocycles. The van der Waals surface area contributed by atoms with Crippen LogP contribution in [0.3, 0.4) is 0 Å². The van der Waals surface area contributed by atoms with Gasteiger partial charge in [0.05, 0.1) is 24.6 Å². The smallest absolute Gasteiger partial charge is 0.290 e. The predicted molar refractivity (Wildman–Crippen MR) is 113 cm³/mol. The Kier molecular flexibility index (Phi) is 5.77. The van der Waals surface area contributed by atoms with Gasteiger partial charge in [-0.15, -0.1) is 0 Å². The van der Waals surface area contributed by atoms with E-state index in [1.165, 1.54) is 11.3 Å². The number of nitrogens with one attached hydrogen (secondary N) is 2. The maximum atomic E-state index is 12.6. The Morgan fingerprint density at radius 2 is 1.77 bits per heavy atom. The summed E-state index contributed by atoms with van der Waals surface area (Å²) in [6, 6.07) is 11.2. The SMILES string of the molecule is Cc1nc(N2CCOCC2)sc1C(=O)NNC(=O)c1cc(C)n(-c2ccccc2)n1. The second kappa shape index (κ2) is 8.64. The molecule has 0 atom stereocenters. The summed E-state index contributed by atoms with van der Waals surface area (Å²) in [5.74, 6) is -0.895. The van der Waals surface area contributed by atoms with Gasteiger partial charge < -0.3 is 9.64 Å². The van der Waals surface area contributed by atoms with Gasteiger partial charge in [0.25, 0.3) is 11.8 Å². The van der Waals surface area contributed by atoms with E-state index in [2.05, 4.69) is 25.8 Å². The molecular weight excluding hydrogens is 404 g/mol. The molecule has 4 rings (SSSR count). The Labute approximate surface area is 177 Å². The van der Waals surface area contributed by atoms with E-state index in [-0.39, 0.29) is 5.69 Å². The van der Waals surface area contributed by atoms with Gasteiger partial charge in [-0.05, 0) is 32.0 Å². The molecule has 9 nitrogen and oxygen atoms in total. The number of amides is 2. The molecule has 2 N–H and O–H groups in total. The highest BCUT2D eigenvalue weighted by molar-refractivity contribution is 7.17. The van der Waals surface area contributed by atoms with E-state index >= 15 is 0 Å². The van der Waals surface area contributed by atoms with E-state index in [9.17, 15) is 9.59 Å². The maximum Gasteiger partial charge on any atom is 0.290 e. The lowest BCUT2D eigenvalue weighted by Crippen LogP contribution is -2.41. The number of carbonyl (C=O) groups excluding carboxylic acids is 2. The summed E-state index contributed by atoms with van der Waals surface area (Å²) in [5, 5.41) is 5.12. The number of ether oxygens (including phenoxy) is 1. The van der Waals surface area contributed by atoms with Crippen LogP contribution in [0, 0.1) is 13.8 Å². The molecule has 1 saturated heterocycles. The van der Waals surface area contributed by atoms with Crippen molar-refractivity contribution in [3.8, 4) is 5.69 Å². The second-order valence-electron chi connectivity index (χ2n) is 6.84. The van der Waals surface area contributed by atoms with Crippen LogP contribution in [-0.2, 0) is 4.74 Å². The number of hydrogen-bond acceptors (Lipinski definition) is 7. The van der Waals surface area contributed by atoms with Gasteiger partial charge >= 0.3 is 0 Å². The predicted octanol–water partition coefficient (Wildman–Crippen LogP) is 1.86. The van der Waals surface area contributed by atoms with E-state index in [1.54, 1.807) is 17.7 Å². The lowest BCUT2D eigenvalue weighted by Gasteiger charge is -2.25. The van der Waals surface area contributed by atoms with Crippen LogP contribution < -0.4 is 15.8 Å². The van der Waals surface area contributed by atoms with E-state index < -0.39 is 11.8 Å². The lowest BCUT2D eigenvalue weighted by molar-refractivity contribution is 0.0845. The van der Waals surface area contributed by atoms with Gasteiger partial charge in [-0.2, -0.15) is 5.10 Å². The number of anilines is 1. The number of benzene rings is 1. The van der Waals surface area contributed by atoms with Crippen LogP contribution in [0.4, 0.5) is 5.13 Å². The molecule has 2 aromatic heterocycles. The average Bonchev–Trinajstić information content (AvgIpc) is 3.36. The third-order valence-corrected chi connectivity index (χ3v) is 5.90. The molecule has 0 bridgehead atoms. The van der Waals surface area contributed by atoms with Crippen molar-refractivity contribution in [2.75, 3.05) is 31.2 Å². The first-order valence-corrected chi connectivity index (χ1v) is 10.4. The molecule has 0 aliphatic carbocycles. The molecular formula is C20H22N6O3S. The Balaban J connectivity index is 1.41. The molecule has 3 aromatic rings. The summed E-state index contributed by atoms with van der Waals surface area (Å²) in [6.45, 7) is 6.42. The van der Waals surface area contributed by atoms with Gasteiger partial charge in [0, 0.05) is 18.8 Å². The first-order chi connectivity index (χ1) is 14.5. The summed E-state index contributed by atoms with van der Waals surface area (Å²) < 4.78 is 7.03. The fourth-order valence-corrected chi connectivity index (χ4v) is 4.15. The standard InChI is InChI=1S/C20H22N6O3S/c1-13-12-16(24-26(13)15-6-4-3-5-7-15)18(27)22-23-19(28)17-14(2)21-20(30-17)25-8-10-29-11-9-25/h3-7,12H,8-11H2,1-2H3,(H,22,27)(H,23,28). The van der Waals surface area contributed by atoms with Crippen LogP contribution in [-0.4, -0.2) is 52.9 Å². The summed E-state index contributed by atoms with van der Waals surface area (Å²) in [5.41, 5.74) is 7.40. The average molecular weight is 427 g/mol.